The monoisotopic (exact) mass is 691 g/mol. The molecule has 0 unspecified atom stereocenters. The Hall–Kier alpha value is -3.49. The molecule has 8 nitrogen and oxygen atoms in total. The van der Waals surface area contributed by atoms with Gasteiger partial charge in [0.15, 0.2) is 0 Å². The second-order valence-electron chi connectivity index (χ2n) is 8.79. The molecule has 4 aromatic rings. The van der Waals surface area contributed by atoms with Crippen molar-refractivity contribution in [3.63, 3.8) is 0 Å². The van der Waals surface area contributed by atoms with Gasteiger partial charge >= 0.3 is 6.18 Å². The SMILES string of the molecule is O=C(CN(c1ccc(Cl)cc1Cl)S(=O)(=O)c1ccccc1)Nc1ccc(S(=O)(=O)Nc2ccc(Cl)c(C(F)(F)F)c2)cc1. The third-order valence-electron chi connectivity index (χ3n) is 5.77. The van der Waals surface area contributed by atoms with Crippen LogP contribution in [-0.4, -0.2) is 29.3 Å². The second-order valence-corrected chi connectivity index (χ2v) is 13.6. The molecule has 0 fully saturated rings. The number of sulfonamides is 2. The average molecular weight is 693 g/mol. The fraction of sp³-hybridized carbons (Fsp3) is 0.0741. The summed E-state index contributed by atoms with van der Waals surface area (Å²) in [5.41, 5.74) is -1.48. The summed E-state index contributed by atoms with van der Waals surface area (Å²) in [6.07, 6.45) is -4.80. The molecule has 0 aromatic heterocycles. The first-order valence-electron chi connectivity index (χ1n) is 11.9. The van der Waals surface area contributed by atoms with Gasteiger partial charge in [0.25, 0.3) is 20.0 Å². The van der Waals surface area contributed by atoms with Gasteiger partial charge in [0, 0.05) is 16.4 Å². The molecule has 4 rings (SSSR count). The fourth-order valence-corrected chi connectivity index (χ4v) is 7.07. The van der Waals surface area contributed by atoms with Crippen LogP contribution in [0.1, 0.15) is 5.56 Å². The molecule has 0 saturated carbocycles. The van der Waals surface area contributed by atoms with Crippen molar-refractivity contribution >= 4 is 77.8 Å². The van der Waals surface area contributed by atoms with E-state index in [1.54, 1.807) is 6.07 Å². The number of amides is 1. The van der Waals surface area contributed by atoms with E-state index in [2.05, 4.69) is 10.0 Å². The van der Waals surface area contributed by atoms with E-state index in [1.165, 1.54) is 54.6 Å². The molecule has 0 aliphatic carbocycles. The van der Waals surface area contributed by atoms with Crippen molar-refractivity contribution in [1.29, 1.82) is 0 Å². The largest absolute Gasteiger partial charge is 0.417 e. The number of anilines is 3. The summed E-state index contributed by atoms with van der Waals surface area (Å²) in [4.78, 5) is 12.6. The van der Waals surface area contributed by atoms with Gasteiger partial charge in [-0.2, -0.15) is 13.2 Å². The maximum atomic E-state index is 13.5. The number of nitrogens with zero attached hydrogens (tertiary/aromatic N) is 1. The highest BCUT2D eigenvalue weighted by Crippen LogP contribution is 2.37. The summed E-state index contributed by atoms with van der Waals surface area (Å²) >= 11 is 17.8. The Labute approximate surface area is 260 Å². The number of hydrogen-bond donors (Lipinski definition) is 2. The van der Waals surface area contributed by atoms with Crippen LogP contribution >= 0.6 is 34.8 Å². The van der Waals surface area contributed by atoms with Crippen molar-refractivity contribution in [2.24, 2.45) is 0 Å². The van der Waals surface area contributed by atoms with E-state index < -0.39 is 49.3 Å². The van der Waals surface area contributed by atoms with Crippen molar-refractivity contribution in [2.45, 2.75) is 16.0 Å². The molecule has 16 heteroatoms. The summed E-state index contributed by atoms with van der Waals surface area (Å²) < 4.78 is 94.8. The number of hydrogen-bond acceptors (Lipinski definition) is 5. The highest BCUT2D eigenvalue weighted by atomic mass is 35.5. The topological polar surface area (TPSA) is 113 Å². The molecule has 0 aliphatic rings. The number of carbonyl (C=O) groups excluding carboxylic acids is 1. The van der Waals surface area contributed by atoms with Crippen molar-refractivity contribution in [3.8, 4) is 0 Å². The van der Waals surface area contributed by atoms with Crippen molar-refractivity contribution in [1.82, 2.24) is 0 Å². The Bertz CT molecular complexity index is 1880. The number of carbonyl (C=O) groups is 1. The van der Waals surface area contributed by atoms with E-state index in [4.69, 9.17) is 34.8 Å². The predicted octanol–water partition coefficient (Wildman–Crippen LogP) is 7.30. The lowest BCUT2D eigenvalue weighted by Crippen LogP contribution is -2.38. The Morgan fingerprint density at radius 3 is 1.98 bits per heavy atom. The van der Waals surface area contributed by atoms with Crippen LogP contribution < -0.4 is 14.3 Å². The summed E-state index contributed by atoms with van der Waals surface area (Å²) in [6, 6.07) is 18.7. The van der Waals surface area contributed by atoms with E-state index in [1.807, 2.05) is 0 Å². The van der Waals surface area contributed by atoms with E-state index in [9.17, 15) is 34.8 Å². The molecular formula is C27H19Cl3F3N3O5S2. The van der Waals surface area contributed by atoms with Crippen LogP contribution in [0.2, 0.25) is 15.1 Å². The normalized spacial score (nSPS) is 12.0. The van der Waals surface area contributed by atoms with Crippen molar-refractivity contribution < 1.29 is 34.8 Å². The van der Waals surface area contributed by atoms with Crippen LogP contribution in [0.4, 0.5) is 30.2 Å². The van der Waals surface area contributed by atoms with Crippen LogP contribution in [0.3, 0.4) is 0 Å². The summed E-state index contributed by atoms with van der Waals surface area (Å²) in [6.45, 7) is -0.710. The van der Waals surface area contributed by atoms with E-state index in [-0.39, 0.29) is 36.9 Å². The maximum absolute atomic E-state index is 13.5. The Morgan fingerprint density at radius 1 is 0.744 bits per heavy atom. The van der Waals surface area contributed by atoms with Crippen LogP contribution in [0.25, 0.3) is 0 Å². The third kappa shape index (κ3) is 7.73. The van der Waals surface area contributed by atoms with Crippen LogP contribution in [0, 0.1) is 0 Å². The maximum Gasteiger partial charge on any atom is 0.417 e. The minimum atomic E-state index is -4.80. The predicted molar refractivity (Wildman–Crippen MR) is 160 cm³/mol. The van der Waals surface area contributed by atoms with Crippen molar-refractivity contribution in [2.75, 3.05) is 20.9 Å². The molecule has 4 aromatic carbocycles. The standard InChI is InChI=1S/C27H19Cl3F3N3O5S2/c28-17-6-13-25(24(30)14-17)36(43(40,41)21-4-2-1-3-5-21)16-26(37)34-18-7-10-20(11-8-18)42(38,39)35-19-9-12-23(29)22(15-19)27(31,32)33/h1-15,35H,16H2,(H,34,37). The molecule has 0 saturated heterocycles. The minimum absolute atomic E-state index is 0.00605. The number of alkyl halides is 3. The molecule has 0 spiro atoms. The molecule has 226 valence electrons. The second kappa shape index (κ2) is 12.6. The third-order valence-corrected chi connectivity index (χ3v) is 9.81. The van der Waals surface area contributed by atoms with Gasteiger partial charge < -0.3 is 5.32 Å². The molecule has 0 atom stereocenters. The fourth-order valence-electron chi connectivity index (χ4n) is 3.77. The van der Waals surface area contributed by atoms with Gasteiger partial charge in [-0.3, -0.25) is 13.8 Å². The highest BCUT2D eigenvalue weighted by molar-refractivity contribution is 7.93. The number of rotatable bonds is 9. The zero-order chi connectivity index (χ0) is 31.6. The molecule has 2 N–H and O–H groups in total. The smallest absolute Gasteiger partial charge is 0.325 e. The molecular weight excluding hydrogens is 674 g/mol. The van der Waals surface area contributed by atoms with Gasteiger partial charge in [-0.1, -0.05) is 53.0 Å². The quantitative estimate of drug-likeness (QED) is 0.191. The summed E-state index contributed by atoms with van der Waals surface area (Å²) in [5, 5.41) is 2.12. The summed E-state index contributed by atoms with van der Waals surface area (Å²) in [5.74, 6) is -0.792. The molecule has 1 amide bonds. The zero-order valence-corrected chi connectivity index (χ0v) is 25.3. The Morgan fingerprint density at radius 2 is 1.37 bits per heavy atom. The zero-order valence-electron chi connectivity index (χ0n) is 21.4. The first-order valence-corrected chi connectivity index (χ1v) is 16.0. The molecule has 0 heterocycles. The molecule has 0 bridgehead atoms. The lowest BCUT2D eigenvalue weighted by molar-refractivity contribution is -0.137. The van der Waals surface area contributed by atoms with Gasteiger partial charge in [0.1, 0.15) is 6.54 Å². The average Bonchev–Trinajstić information content (AvgIpc) is 2.93. The Kier molecular flexibility index (Phi) is 9.52. The van der Waals surface area contributed by atoms with E-state index in [0.29, 0.717) is 6.07 Å². The van der Waals surface area contributed by atoms with Gasteiger partial charge in [0.05, 0.1) is 31.1 Å². The number of halogens is 6. The molecule has 43 heavy (non-hydrogen) atoms. The van der Waals surface area contributed by atoms with Crippen LogP contribution in [-0.2, 0) is 31.0 Å². The summed E-state index contributed by atoms with van der Waals surface area (Å²) in [7, 11) is -8.60. The minimum Gasteiger partial charge on any atom is -0.325 e. The van der Waals surface area contributed by atoms with E-state index >= 15 is 0 Å². The molecule has 0 aliphatic heterocycles. The Balaban J connectivity index is 1.54. The van der Waals surface area contributed by atoms with Gasteiger partial charge in [-0.25, -0.2) is 16.8 Å². The van der Waals surface area contributed by atoms with E-state index in [0.717, 1.165) is 28.6 Å². The molecule has 0 radical (unpaired) electrons. The lowest BCUT2D eigenvalue weighted by Gasteiger charge is -2.25. The first kappa shape index (κ1) is 32.4. The highest BCUT2D eigenvalue weighted by Gasteiger charge is 2.34. The first-order chi connectivity index (χ1) is 20.1. The van der Waals surface area contributed by atoms with Gasteiger partial charge in [0.2, 0.25) is 5.91 Å². The van der Waals surface area contributed by atoms with Crippen LogP contribution in [0.15, 0.2) is 101 Å². The van der Waals surface area contributed by atoms with Crippen LogP contribution in [0.5, 0.6) is 0 Å². The van der Waals surface area contributed by atoms with Gasteiger partial charge in [-0.15, -0.1) is 0 Å². The van der Waals surface area contributed by atoms with Gasteiger partial charge in [-0.05, 0) is 72.8 Å². The lowest BCUT2D eigenvalue weighted by atomic mass is 10.2. The van der Waals surface area contributed by atoms with Crippen molar-refractivity contribution in [3.05, 3.63) is 112 Å². The number of nitrogens with one attached hydrogen (secondary N) is 2. The number of benzene rings is 4.